The average Bonchev–Trinajstić information content (AvgIpc) is 2.59. The molecular weight excluding hydrogens is 176 g/mol. The van der Waals surface area contributed by atoms with Crippen molar-refractivity contribution >= 4 is 10.8 Å². The molecular formula is C12H10O2. The number of aromatic hydroxyl groups is 2. The number of hydrogen-bond acceptors (Lipinski definition) is 2. The third-order valence-electron chi connectivity index (χ3n) is 2.94. The summed E-state index contributed by atoms with van der Waals surface area (Å²) in [5, 5.41) is 21.1. The Kier molecular flexibility index (Phi) is 1.32. The van der Waals surface area contributed by atoms with Crippen LogP contribution in [0, 0.1) is 0 Å². The Bertz CT molecular complexity index is 529. The van der Waals surface area contributed by atoms with Crippen molar-refractivity contribution in [1.29, 1.82) is 0 Å². The van der Waals surface area contributed by atoms with Gasteiger partial charge >= 0.3 is 0 Å². The summed E-state index contributed by atoms with van der Waals surface area (Å²) in [7, 11) is 0. The highest BCUT2D eigenvalue weighted by Crippen LogP contribution is 2.40. The molecule has 0 amide bonds. The molecule has 0 fully saturated rings. The predicted octanol–water partition coefficient (Wildman–Crippen LogP) is 2.35. The van der Waals surface area contributed by atoms with E-state index in [-0.39, 0.29) is 11.5 Å². The van der Waals surface area contributed by atoms with E-state index in [2.05, 4.69) is 6.07 Å². The van der Waals surface area contributed by atoms with Gasteiger partial charge in [0.25, 0.3) is 0 Å². The van der Waals surface area contributed by atoms with Gasteiger partial charge < -0.3 is 10.2 Å². The van der Waals surface area contributed by atoms with Gasteiger partial charge in [0.15, 0.2) is 11.5 Å². The van der Waals surface area contributed by atoms with Gasteiger partial charge in [0.1, 0.15) is 0 Å². The van der Waals surface area contributed by atoms with Crippen LogP contribution >= 0.6 is 0 Å². The van der Waals surface area contributed by atoms with Crippen LogP contribution in [0.25, 0.3) is 10.8 Å². The van der Waals surface area contributed by atoms with Crippen LogP contribution in [-0.4, -0.2) is 10.2 Å². The molecule has 0 bridgehead atoms. The average molecular weight is 186 g/mol. The largest absolute Gasteiger partial charge is 0.504 e. The minimum atomic E-state index is -0.00782. The fourth-order valence-electron chi connectivity index (χ4n) is 2.30. The molecule has 0 atom stereocenters. The predicted molar refractivity (Wildman–Crippen MR) is 54.7 cm³/mol. The molecule has 0 aromatic heterocycles. The zero-order chi connectivity index (χ0) is 9.71. The second kappa shape index (κ2) is 2.41. The highest BCUT2D eigenvalue weighted by Gasteiger charge is 2.18. The van der Waals surface area contributed by atoms with Gasteiger partial charge in [-0.2, -0.15) is 0 Å². The lowest BCUT2D eigenvalue weighted by Gasteiger charge is -2.05. The van der Waals surface area contributed by atoms with Gasteiger partial charge in [-0.3, -0.25) is 0 Å². The summed E-state index contributed by atoms with van der Waals surface area (Å²) < 4.78 is 0. The third-order valence-corrected chi connectivity index (χ3v) is 2.94. The molecule has 70 valence electrons. The van der Waals surface area contributed by atoms with Gasteiger partial charge in [0, 0.05) is 5.39 Å². The first kappa shape index (κ1) is 7.68. The van der Waals surface area contributed by atoms with E-state index in [0.29, 0.717) is 0 Å². The van der Waals surface area contributed by atoms with E-state index >= 15 is 0 Å². The van der Waals surface area contributed by atoms with E-state index in [4.69, 9.17) is 0 Å². The summed E-state index contributed by atoms with van der Waals surface area (Å²) in [6.45, 7) is 0. The highest BCUT2D eigenvalue weighted by molar-refractivity contribution is 5.96. The fraction of sp³-hybridized carbons (Fsp3) is 0.167. The van der Waals surface area contributed by atoms with Crippen molar-refractivity contribution in [1.82, 2.24) is 0 Å². The maximum atomic E-state index is 9.68. The molecule has 14 heavy (non-hydrogen) atoms. The topological polar surface area (TPSA) is 40.5 Å². The lowest BCUT2D eigenvalue weighted by atomic mass is 10.0. The molecule has 1 aliphatic carbocycles. The van der Waals surface area contributed by atoms with Gasteiger partial charge in [-0.25, -0.2) is 0 Å². The van der Waals surface area contributed by atoms with Crippen LogP contribution < -0.4 is 0 Å². The maximum Gasteiger partial charge on any atom is 0.165 e. The lowest BCUT2D eigenvalue weighted by molar-refractivity contribution is 0.408. The van der Waals surface area contributed by atoms with E-state index in [1.165, 1.54) is 5.56 Å². The molecule has 3 rings (SSSR count). The van der Waals surface area contributed by atoms with Crippen LogP contribution in [0.5, 0.6) is 11.5 Å². The number of aryl methyl sites for hydroxylation is 2. The van der Waals surface area contributed by atoms with Crippen molar-refractivity contribution < 1.29 is 10.2 Å². The van der Waals surface area contributed by atoms with Gasteiger partial charge in [0.05, 0.1) is 0 Å². The minimum absolute atomic E-state index is 0.00694. The standard InChI is InChI=1S/C12H10O2/c13-10-6-8-5-4-7-2-1-3-9(11(7)8)12(10)14/h1-3,6,13-14H,4-5H2. The first-order valence-corrected chi connectivity index (χ1v) is 4.73. The molecule has 2 nitrogen and oxygen atoms in total. The SMILES string of the molecule is Oc1cc2c3c(cccc3c1O)CC2. The van der Waals surface area contributed by atoms with E-state index < -0.39 is 0 Å². The molecule has 1 aliphatic rings. The van der Waals surface area contributed by atoms with Gasteiger partial charge in [-0.15, -0.1) is 0 Å². The van der Waals surface area contributed by atoms with Crippen molar-refractivity contribution in [3.8, 4) is 11.5 Å². The van der Waals surface area contributed by atoms with Crippen molar-refractivity contribution in [3.05, 3.63) is 35.4 Å². The second-order valence-corrected chi connectivity index (χ2v) is 3.74. The fourth-order valence-corrected chi connectivity index (χ4v) is 2.30. The Labute approximate surface area is 81.4 Å². The summed E-state index contributed by atoms with van der Waals surface area (Å²) in [6.07, 6.45) is 1.97. The van der Waals surface area contributed by atoms with Crippen molar-refractivity contribution in [2.75, 3.05) is 0 Å². The Balaban J connectivity index is 2.57. The molecule has 0 saturated carbocycles. The summed E-state index contributed by atoms with van der Waals surface area (Å²) in [5.41, 5.74) is 2.42. The van der Waals surface area contributed by atoms with E-state index in [1.807, 2.05) is 12.1 Å². The van der Waals surface area contributed by atoms with Crippen molar-refractivity contribution in [3.63, 3.8) is 0 Å². The molecule has 2 heteroatoms. The van der Waals surface area contributed by atoms with Crippen molar-refractivity contribution in [2.45, 2.75) is 12.8 Å². The quantitative estimate of drug-likeness (QED) is 0.620. The number of phenols is 2. The number of phenolic OH excluding ortho intramolecular Hbond substituents is 2. The molecule has 0 spiro atoms. The zero-order valence-electron chi connectivity index (χ0n) is 7.62. The molecule has 2 aromatic rings. The van der Waals surface area contributed by atoms with Gasteiger partial charge in [-0.05, 0) is 35.4 Å². The molecule has 0 saturated heterocycles. The number of benzene rings is 2. The van der Waals surface area contributed by atoms with Gasteiger partial charge in [0.2, 0.25) is 0 Å². The molecule has 0 radical (unpaired) electrons. The molecule has 0 unspecified atom stereocenters. The van der Waals surface area contributed by atoms with Gasteiger partial charge in [-0.1, -0.05) is 18.2 Å². The van der Waals surface area contributed by atoms with E-state index in [9.17, 15) is 10.2 Å². The van der Waals surface area contributed by atoms with E-state index in [1.54, 1.807) is 6.07 Å². The van der Waals surface area contributed by atoms with Crippen LogP contribution in [-0.2, 0) is 12.8 Å². The van der Waals surface area contributed by atoms with Crippen LogP contribution in [0.4, 0.5) is 0 Å². The minimum Gasteiger partial charge on any atom is -0.504 e. The Morgan fingerprint density at radius 3 is 2.64 bits per heavy atom. The first-order valence-electron chi connectivity index (χ1n) is 4.73. The molecule has 0 heterocycles. The Hall–Kier alpha value is -1.70. The smallest absolute Gasteiger partial charge is 0.165 e. The summed E-state index contributed by atoms with van der Waals surface area (Å²) in [6, 6.07) is 7.53. The number of hydrogen-bond donors (Lipinski definition) is 2. The second-order valence-electron chi connectivity index (χ2n) is 3.74. The molecule has 0 aliphatic heterocycles. The summed E-state index contributed by atoms with van der Waals surface area (Å²) >= 11 is 0. The van der Waals surface area contributed by atoms with Crippen molar-refractivity contribution in [2.24, 2.45) is 0 Å². The van der Waals surface area contributed by atoms with Crippen LogP contribution in [0.1, 0.15) is 11.1 Å². The lowest BCUT2D eigenvalue weighted by Crippen LogP contribution is -1.80. The van der Waals surface area contributed by atoms with Crippen LogP contribution in [0.2, 0.25) is 0 Å². The Morgan fingerprint density at radius 2 is 1.79 bits per heavy atom. The van der Waals surface area contributed by atoms with Crippen LogP contribution in [0.3, 0.4) is 0 Å². The molecule has 2 aromatic carbocycles. The Morgan fingerprint density at radius 1 is 1.00 bits per heavy atom. The van der Waals surface area contributed by atoms with E-state index in [0.717, 1.165) is 29.2 Å². The highest BCUT2D eigenvalue weighted by atomic mass is 16.3. The monoisotopic (exact) mass is 186 g/mol. The maximum absolute atomic E-state index is 9.68. The summed E-state index contributed by atoms with van der Waals surface area (Å²) in [4.78, 5) is 0. The third kappa shape index (κ3) is 0.803. The summed E-state index contributed by atoms with van der Waals surface area (Å²) in [5.74, 6) is -0.000880. The molecule has 2 N–H and O–H groups in total. The normalized spacial score (nSPS) is 13.7. The first-order chi connectivity index (χ1) is 6.77. The zero-order valence-corrected chi connectivity index (χ0v) is 7.62. The number of rotatable bonds is 0. The van der Waals surface area contributed by atoms with Crippen LogP contribution in [0.15, 0.2) is 24.3 Å².